The monoisotopic (exact) mass is 470 g/mol. The number of aromatic nitrogens is 3. The van der Waals surface area contributed by atoms with Gasteiger partial charge >= 0.3 is 0 Å². The van der Waals surface area contributed by atoms with E-state index in [1.54, 1.807) is 26.4 Å². The van der Waals surface area contributed by atoms with E-state index in [9.17, 15) is 4.39 Å². The smallest absolute Gasteiger partial charge is 0.226 e. The van der Waals surface area contributed by atoms with Crippen molar-refractivity contribution in [1.29, 1.82) is 0 Å². The maximum atomic E-state index is 13.9. The Hall–Kier alpha value is -4.33. The molecule has 0 saturated heterocycles. The number of fused-ring (bicyclic) bond motifs is 3. The molecular formula is C27H23FN4O3. The Morgan fingerprint density at radius 2 is 1.71 bits per heavy atom. The van der Waals surface area contributed by atoms with Gasteiger partial charge < -0.3 is 19.5 Å². The average molecular weight is 471 g/mol. The predicted molar refractivity (Wildman–Crippen MR) is 129 cm³/mol. The SMILES string of the molecule is COc1ccc([C@@H]2Oc3ccc(C)cc3C3=C2[C@@H](c2ccc(F)cc2)n2ncnc2N3)cc1OC. The van der Waals surface area contributed by atoms with Crippen LogP contribution in [0.5, 0.6) is 17.2 Å². The minimum absolute atomic E-state index is 0.298. The van der Waals surface area contributed by atoms with Gasteiger partial charge in [-0.05, 0) is 48.9 Å². The Kier molecular flexibility index (Phi) is 4.95. The first-order valence-electron chi connectivity index (χ1n) is 11.2. The molecule has 3 aromatic carbocycles. The van der Waals surface area contributed by atoms with Gasteiger partial charge in [0.15, 0.2) is 11.5 Å². The van der Waals surface area contributed by atoms with Gasteiger partial charge in [0.25, 0.3) is 0 Å². The molecule has 0 amide bonds. The molecule has 0 bridgehead atoms. The van der Waals surface area contributed by atoms with Crippen LogP contribution in [0.15, 0.2) is 72.6 Å². The van der Waals surface area contributed by atoms with Crippen LogP contribution in [0.2, 0.25) is 0 Å². The number of hydrogen-bond donors (Lipinski definition) is 1. The zero-order valence-corrected chi connectivity index (χ0v) is 19.4. The Labute approximate surface area is 201 Å². The molecule has 1 N–H and O–H groups in total. The number of nitrogens with one attached hydrogen (secondary N) is 1. The molecule has 176 valence electrons. The summed E-state index contributed by atoms with van der Waals surface area (Å²) in [6, 6.07) is 18.0. The van der Waals surface area contributed by atoms with E-state index < -0.39 is 6.10 Å². The predicted octanol–water partition coefficient (Wildman–Crippen LogP) is 5.30. The Bertz CT molecular complexity index is 1460. The summed E-state index contributed by atoms with van der Waals surface area (Å²) >= 11 is 0. The number of nitrogens with zero attached hydrogens (tertiary/aromatic N) is 3. The summed E-state index contributed by atoms with van der Waals surface area (Å²) in [5.41, 5.74) is 5.66. The summed E-state index contributed by atoms with van der Waals surface area (Å²) in [6.45, 7) is 2.05. The van der Waals surface area contributed by atoms with E-state index in [1.807, 2.05) is 41.9 Å². The van der Waals surface area contributed by atoms with E-state index in [-0.39, 0.29) is 11.9 Å². The van der Waals surface area contributed by atoms with E-state index in [2.05, 4.69) is 21.5 Å². The van der Waals surface area contributed by atoms with Crippen LogP contribution in [0, 0.1) is 12.7 Å². The third-order valence-corrected chi connectivity index (χ3v) is 6.47. The first kappa shape index (κ1) is 21.2. The van der Waals surface area contributed by atoms with E-state index in [0.717, 1.165) is 39.3 Å². The molecule has 0 aliphatic carbocycles. The second kappa shape index (κ2) is 8.16. The van der Waals surface area contributed by atoms with E-state index in [1.165, 1.54) is 18.5 Å². The molecule has 6 rings (SSSR count). The highest BCUT2D eigenvalue weighted by Crippen LogP contribution is 2.51. The number of methoxy groups -OCH3 is 2. The van der Waals surface area contributed by atoms with Crippen LogP contribution in [0.4, 0.5) is 10.3 Å². The molecule has 0 radical (unpaired) electrons. The topological polar surface area (TPSA) is 70.4 Å². The van der Waals surface area contributed by atoms with Crippen LogP contribution < -0.4 is 19.5 Å². The molecule has 0 fully saturated rings. The molecule has 0 unspecified atom stereocenters. The van der Waals surface area contributed by atoms with E-state index >= 15 is 0 Å². The van der Waals surface area contributed by atoms with Crippen LogP contribution in [-0.2, 0) is 0 Å². The van der Waals surface area contributed by atoms with Crippen molar-refractivity contribution in [2.75, 3.05) is 19.5 Å². The quantitative estimate of drug-likeness (QED) is 0.436. The fourth-order valence-corrected chi connectivity index (χ4v) is 4.84. The van der Waals surface area contributed by atoms with E-state index in [0.29, 0.717) is 17.4 Å². The number of ether oxygens (including phenoxy) is 3. The molecule has 3 heterocycles. The highest BCUT2D eigenvalue weighted by molar-refractivity contribution is 5.85. The van der Waals surface area contributed by atoms with Crippen LogP contribution in [-0.4, -0.2) is 29.0 Å². The lowest BCUT2D eigenvalue weighted by Crippen LogP contribution is -2.32. The average Bonchev–Trinajstić information content (AvgIpc) is 3.35. The highest BCUT2D eigenvalue weighted by atomic mass is 19.1. The Morgan fingerprint density at radius 3 is 2.49 bits per heavy atom. The highest BCUT2D eigenvalue weighted by Gasteiger charge is 2.41. The van der Waals surface area contributed by atoms with Gasteiger partial charge in [-0.25, -0.2) is 9.07 Å². The normalized spacial score (nSPS) is 18.1. The molecule has 2 aliphatic heterocycles. The number of benzene rings is 3. The molecule has 8 heteroatoms. The zero-order chi connectivity index (χ0) is 24.1. The van der Waals surface area contributed by atoms with Crippen molar-refractivity contribution in [2.24, 2.45) is 0 Å². The van der Waals surface area contributed by atoms with Gasteiger partial charge in [-0.2, -0.15) is 10.1 Å². The van der Waals surface area contributed by atoms with Crippen LogP contribution in [0.25, 0.3) is 5.70 Å². The van der Waals surface area contributed by atoms with Gasteiger partial charge in [0, 0.05) is 16.7 Å². The fourth-order valence-electron chi connectivity index (χ4n) is 4.84. The maximum absolute atomic E-state index is 13.9. The van der Waals surface area contributed by atoms with Gasteiger partial charge in [-0.1, -0.05) is 29.8 Å². The minimum Gasteiger partial charge on any atom is -0.493 e. The summed E-state index contributed by atoms with van der Waals surface area (Å²) in [7, 11) is 3.22. The first-order valence-corrected chi connectivity index (χ1v) is 11.2. The maximum Gasteiger partial charge on any atom is 0.226 e. The fraction of sp³-hybridized carbons (Fsp3) is 0.185. The molecule has 2 atom stereocenters. The Morgan fingerprint density at radius 1 is 0.943 bits per heavy atom. The molecule has 2 aliphatic rings. The van der Waals surface area contributed by atoms with Gasteiger partial charge in [-0.15, -0.1) is 0 Å². The molecule has 1 aromatic heterocycles. The van der Waals surface area contributed by atoms with Gasteiger partial charge in [0.2, 0.25) is 5.95 Å². The van der Waals surface area contributed by atoms with Crippen molar-refractivity contribution >= 4 is 11.6 Å². The van der Waals surface area contributed by atoms with Crippen LogP contribution in [0.1, 0.15) is 34.4 Å². The second-order valence-corrected chi connectivity index (χ2v) is 8.55. The van der Waals surface area contributed by atoms with Crippen LogP contribution in [0.3, 0.4) is 0 Å². The molecule has 7 nitrogen and oxygen atoms in total. The number of halogens is 1. The first-order chi connectivity index (χ1) is 17.1. The molecule has 0 spiro atoms. The molecule has 35 heavy (non-hydrogen) atoms. The number of hydrogen-bond acceptors (Lipinski definition) is 6. The summed E-state index contributed by atoms with van der Waals surface area (Å²) in [4.78, 5) is 4.44. The second-order valence-electron chi connectivity index (χ2n) is 8.55. The van der Waals surface area contributed by atoms with Crippen molar-refractivity contribution in [3.63, 3.8) is 0 Å². The summed E-state index contributed by atoms with van der Waals surface area (Å²) in [6.07, 6.45) is 1.04. The lowest BCUT2D eigenvalue weighted by molar-refractivity contribution is 0.222. The van der Waals surface area contributed by atoms with Crippen LogP contribution >= 0.6 is 0 Å². The lowest BCUT2D eigenvalue weighted by atomic mass is 9.84. The molecular weight excluding hydrogens is 447 g/mol. The van der Waals surface area contributed by atoms with Gasteiger partial charge in [0.05, 0.1) is 19.9 Å². The number of anilines is 1. The number of aryl methyl sites for hydroxylation is 1. The van der Waals surface area contributed by atoms with Crippen molar-refractivity contribution in [2.45, 2.75) is 19.1 Å². The lowest BCUT2D eigenvalue weighted by Gasteiger charge is -2.39. The van der Waals surface area contributed by atoms with Crippen molar-refractivity contribution in [1.82, 2.24) is 14.8 Å². The third kappa shape index (κ3) is 3.41. The van der Waals surface area contributed by atoms with Crippen molar-refractivity contribution in [3.8, 4) is 17.2 Å². The van der Waals surface area contributed by atoms with Gasteiger partial charge in [0.1, 0.15) is 30.0 Å². The third-order valence-electron chi connectivity index (χ3n) is 6.47. The minimum atomic E-state index is -0.472. The van der Waals surface area contributed by atoms with Gasteiger partial charge in [-0.3, -0.25) is 0 Å². The molecule has 0 saturated carbocycles. The zero-order valence-electron chi connectivity index (χ0n) is 19.4. The standard InChI is InChI=1S/C27H23FN4O3/c1-15-4-10-20-19(12-15)24-23(26(35-20)17-7-11-21(33-2)22(13-17)34-3)25(16-5-8-18(28)9-6-16)32-27(31-24)29-14-30-32/h4-14,25-26H,1-3H3,(H,29,30,31)/t25-,26+/m1/s1. The largest absolute Gasteiger partial charge is 0.493 e. The Balaban J connectivity index is 1.61. The number of rotatable bonds is 4. The summed E-state index contributed by atoms with van der Waals surface area (Å²) in [5.74, 6) is 2.31. The molecule has 4 aromatic rings. The van der Waals surface area contributed by atoms with Crippen molar-refractivity contribution in [3.05, 3.63) is 101 Å². The van der Waals surface area contributed by atoms with Crippen molar-refractivity contribution < 1.29 is 18.6 Å². The summed E-state index contributed by atoms with van der Waals surface area (Å²) < 4.78 is 33.3. The van der Waals surface area contributed by atoms with E-state index in [4.69, 9.17) is 14.2 Å². The summed E-state index contributed by atoms with van der Waals surface area (Å²) in [5, 5.41) is 7.99.